The first-order valence-electron chi connectivity index (χ1n) is 12.5. The van der Waals surface area contributed by atoms with E-state index in [1.165, 1.54) is 12.1 Å². The van der Waals surface area contributed by atoms with Crippen molar-refractivity contribution in [3.8, 4) is 11.5 Å². The zero-order valence-electron chi connectivity index (χ0n) is 20.9. The molecule has 6 nitrogen and oxygen atoms in total. The van der Waals surface area contributed by atoms with Gasteiger partial charge in [0, 0.05) is 24.2 Å². The normalized spacial score (nSPS) is 11.0. The lowest BCUT2D eigenvalue weighted by atomic mass is 10.1. The summed E-state index contributed by atoms with van der Waals surface area (Å²) in [6.07, 6.45) is -0.309. The summed E-state index contributed by atoms with van der Waals surface area (Å²) in [5, 5.41) is 5.67. The molecule has 202 valence electrons. The standard InChI is InChI=1S/C29H31F3N2O4/c30-29(31,32)38-26-17-13-24(14-18-26)28(36)34-20-8-3-1-2-7-19-33-27(35)23-11-15-25(16-12-23)37-21-22-9-5-4-6-10-22/h4-6,9-18H,1-3,7-8,19-21H2,(H,33,35)(H,34,36). The van der Waals surface area contributed by atoms with Gasteiger partial charge in [0.1, 0.15) is 18.1 Å². The summed E-state index contributed by atoms with van der Waals surface area (Å²) in [6, 6.07) is 21.7. The average Bonchev–Trinajstić information content (AvgIpc) is 2.91. The summed E-state index contributed by atoms with van der Waals surface area (Å²) in [7, 11) is 0. The Kier molecular flexibility index (Phi) is 11.0. The summed E-state index contributed by atoms with van der Waals surface area (Å²) in [5.41, 5.74) is 1.92. The predicted octanol–water partition coefficient (Wildman–Crippen LogP) is 6.27. The molecule has 0 aliphatic heterocycles. The number of halogens is 3. The molecular weight excluding hydrogens is 497 g/mol. The van der Waals surface area contributed by atoms with Gasteiger partial charge in [0.15, 0.2) is 0 Å². The van der Waals surface area contributed by atoms with E-state index in [0.29, 0.717) is 31.0 Å². The molecule has 0 aromatic heterocycles. The topological polar surface area (TPSA) is 76.7 Å². The molecule has 3 aromatic carbocycles. The molecule has 2 amide bonds. The molecule has 0 spiro atoms. The molecule has 38 heavy (non-hydrogen) atoms. The van der Waals surface area contributed by atoms with Crippen LogP contribution in [0.15, 0.2) is 78.9 Å². The second-order valence-electron chi connectivity index (χ2n) is 8.65. The van der Waals surface area contributed by atoms with Gasteiger partial charge >= 0.3 is 6.36 Å². The summed E-state index contributed by atoms with van der Waals surface area (Å²) in [6.45, 7) is 1.52. The Morgan fingerprint density at radius 1 is 0.632 bits per heavy atom. The van der Waals surface area contributed by atoms with Gasteiger partial charge in [0.05, 0.1) is 0 Å². The van der Waals surface area contributed by atoms with Crippen LogP contribution in [0.2, 0.25) is 0 Å². The molecule has 3 rings (SSSR count). The van der Waals surface area contributed by atoms with E-state index in [1.807, 2.05) is 30.3 Å². The van der Waals surface area contributed by atoms with Crippen molar-refractivity contribution in [1.29, 1.82) is 0 Å². The Morgan fingerprint density at radius 3 is 1.61 bits per heavy atom. The molecule has 0 radical (unpaired) electrons. The molecule has 0 unspecified atom stereocenters. The van der Waals surface area contributed by atoms with Crippen molar-refractivity contribution in [2.75, 3.05) is 13.1 Å². The zero-order valence-corrected chi connectivity index (χ0v) is 20.9. The minimum atomic E-state index is -4.76. The summed E-state index contributed by atoms with van der Waals surface area (Å²) >= 11 is 0. The maximum atomic E-state index is 12.3. The lowest BCUT2D eigenvalue weighted by Crippen LogP contribution is -2.24. The Labute approximate surface area is 220 Å². The van der Waals surface area contributed by atoms with E-state index in [9.17, 15) is 22.8 Å². The largest absolute Gasteiger partial charge is 0.573 e. The van der Waals surface area contributed by atoms with E-state index in [2.05, 4.69) is 15.4 Å². The second kappa shape index (κ2) is 14.7. The Balaban J connectivity index is 1.21. The van der Waals surface area contributed by atoms with E-state index < -0.39 is 6.36 Å². The van der Waals surface area contributed by atoms with E-state index >= 15 is 0 Å². The van der Waals surface area contributed by atoms with Crippen LogP contribution >= 0.6 is 0 Å². The maximum absolute atomic E-state index is 12.3. The van der Waals surface area contributed by atoms with E-state index in [0.717, 1.165) is 49.8 Å². The van der Waals surface area contributed by atoms with Crippen molar-refractivity contribution in [2.45, 2.75) is 45.1 Å². The second-order valence-corrected chi connectivity index (χ2v) is 8.65. The van der Waals surface area contributed by atoms with Gasteiger partial charge < -0.3 is 20.1 Å². The van der Waals surface area contributed by atoms with Gasteiger partial charge in [-0.2, -0.15) is 0 Å². The molecule has 0 aliphatic rings. The average molecular weight is 529 g/mol. The van der Waals surface area contributed by atoms with Crippen molar-refractivity contribution < 1.29 is 32.2 Å². The molecule has 0 atom stereocenters. The van der Waals surface area contributed by atoms with E-state index in [4.69, 9.17) is 4.74 Å². The quantitative estimate of drug-likeness (QED) is 0.242. The highest BCUT2D eigenvalue weighted by molar-refractivity contribution is 5.94. The molecule has 3 aromatic rings. The number of unbranched alkanes of at least 4 members (excludes halogenated alkanes) is 4. The van der Waals surface area contributed by atoms with Gasteiger partial charge in [-0.25, -0.2) is 0 Å². The lowest BCUT2D eigenvalue weighted by molar-refractivity contribution is -0.274. The summed E-state index contributed by atoms with van der Waals surface area (Å²) < 4.78 is 46.1. The van der Waals surface area contributed by atoms with Crippen LogP contribution in [0.1, 0.15) is 58.4 Å². The molecule has 9 heteroatoms. The Hall–Kier alpha value is -4.01. The number of carbonyl (C=O) groups is 2. The molecule has 0 saturated carbocycles. The highest BCUT2D eigenvalue weighted by atomic mass is 19.4. The third-order valence-electron chi connectivity index (χ3n) is 5.64. The van der Waals surface area contributed by atoms with Gasteiger partial charge in [0.2, 0.25) is 0 Å². The van der Waals surface area contributed by atoms with Crippen molar-refractivity contribution in [3.05, 3.63) is 95.6 Å². The molecule has 0 saturated heterocycles. The van der Waals surface area contributed by atoms with Crippen LogP contribution in [0, 0.1) is 0 Å². The fourth-order valence-corrected chi connectivity index (χ4v) is 3.64. The van der Waals surface area contributed by atoms with Crippen LogP contribution in [0.5, 0.6) is 11.5 Å². The number of rotatable bonds is 14. The maximum Gasteiger partial charge on any atom is 0.573 e. The minimum absolute atomic E-state index is 0.125. The number of ether oxygens (including phenoxy) is 2. The predicted molar refractivity (Wildman–Crippen MR) is 138 cm³/mol. The first kappa shape index (κ1) is 28.6. The number of carbonyl (C=O) groups excluding carboxylic acids is 2. The Bertz CT molecular complexity index is 1140. The third kappa shape index (κ3) is 10.5. The minimum Gasteiger partial charge on any atom is -0.489 e. The highest BCUT2D eigenvalue weighted by Gasteiger charge is 2.31. The first-order valence-corrected chi connectivity index (χ1v) is 12.5. The SMILES string of the molecule is O=C(NCCCCCCCNC(=O)c1ccc(OC(F)(F)F)cc1)c1ccc(OCc2ccccc2)cc1. The van der Waals surface area contributed by atoms with Crippen molar-refractivity contribution in [1.82, 2.24) is 10.6 Å². The fraction of sp³-hybridized carbons (Fsp3) is 0.310. The molecule has 0 bridgehead atoms. The van der Waals surface area contributed by atoms with Crippen LogP contribution in [-0.2, 0) is 6.61 Å². The highest BCUT2D eigenvalue weighted by Crippen LogP contribution is 2.22. The molecular formula is C29H31F3N2O4. The monoisotopic (exact) mass is 528 g/mol. The first-order chi connectivity index (χ1) is 18.3. The van der Waals surface area contributed by atoms with Crippen molar-refractivity contribution in [3.63, 3.8) is 0 Å². The van der Waals surface area contributed by atoms with Gasteiger partial charge in [-0.1, -0.05) is 49.6 Å². The number of alkyl halides is 3. The summed E-state index contributed by atoms with van der Waals surface area (Å²) in [4.78, 5) is 24.4. The molecule has 0 heterocycles. The van der Waals surface area contributed by atoms with Crippen LogP contribution in [0.25, 0.3) is 0 Å². The molecule has 0 aliphatic carbocycles. The lowest BCUT2D eigenvalue weighted by Gasteiger charge is -2.09. The zero-order chi connectivity index (χ0) is 27.2. The molecule has 0 fully saturated rings. The van der Waals surface area contributed by atoms with Gasteiger partial charge in [0.25, 0.3) is 11.8 Å². The molecule has 2 N–H and O–H groups in total. The number of hydrogen-bond donors (Lipinski definition) is 2. The third-order valence-corrected chi connectivity index (χ3v) is 5.64. The number of nitrogens with one attached hydrogen (secondary N) is 2. The van der Waals surface area contributed by atoms with Crippen LogP contribution in [-0.4, -0.2) is 31.3 Å². The van der Waals surface area contributed by atoms with Crippen LogP contribution < -0.4 is 20.1 Å². The fourth-order valence-electron chi connectivity index (χ4n) is 3.64. The summed E-state index contributed by atoms with van der Waals surface area (Å²) in [5.74, 6) is -0.135. The van der Waals surface area contributed by atoms with Gasteiger partial charge in [-0.05, 0) is 66.9 Å². The number of amides is 2. The number of benzene rings is 3. The van der Waals surface area contributed by atoms with Gasteiger partial charge in [-0.3, -0.25) is 9.59 Å². The van der Waals surface area contributed by atoms with Crippen molar-refractivity contribution in [2.24, 2.45) is 0 Å². The Morgan fingerprint density at radius 2 is 1.11 bits per heavy atom. The van der Waals surface area contributed by atoms with Gasteiger partial charge in [-0.15, -0.1) is 13.2 Å². The smallest absolute Gasteiger partial charge is 0.489 e. The van der Waals surface area contributed by atoms with E-state index in [-0.39, 0.29) is 23.1 Å². The van der Waals surface area contributed by atoms with Crippen molar-refractivity contribution >= 4 is 11.8 Å². The van der Waals surface area contributed by atoms with Crippen LogP contribution in [0.4, 0.5) is 13.2 Å². The number of hydrogen-bond acceptors (Lipinski definition) is 4. The van der Waals surface area contributed by atoms with Crippen LogP contribution in [0.3, 0.4) is 0 Å². The van der Waals surface area contributed by atoms with E-state index in [1.54, 1.807) is 24.3 Å².